The molecule has 0 atom stereocenters. The molecule has 1 fully saturated rings. The zero-order valence-electron chi connectivity index (χ0n) is 13.9. The van der Waals surface area contributed by atoms with E-state index in [2.05, 4.69) is 0 Å². The molecular formula is C19H21NO3S. The molecular weight excluding hydrogens is 322 g/mol. The van der Waals surface area contributed by atoms with Gasteiger partial charge in [-0.3, -0.25) is 4.31 Å². The number of allylic oxidation sites excluding steroid dienone is 1. The highest BCUT2D eigenvalue weighted by Gasteiger charge is 2.28. The Morgan fingerprint density at radius 2 is 1.71 bits per heavy atom. The lowest BCUT2D eigenvalue weighted by molar-refractivity contribution is 0.262. The second kappa shape index (κ2) is 6.69. The lowest BCUT2D eigenvalue weighted by Crippen LogP contribution is -2.26. The summed E-state index contributed by atoms with van der Waals surface area (Å²) in [6.07, 6.45) is 1.65. The Kier molecular flexibility index (Phi) is 4.62. The van der Waals surface area contributed by atoms with E-state index >= 15 is 0 Å². The first-order chi connectivity index (χ1) is 11.5. The Morgan fingerprint density at radius 1 is 1.04 bits per heavy atom. The summed E-state index contributed by atoms with van der Waals surface area (Å²) in [6.45, 7) is 2.56. The maximum absolute atomic E-state index is 13.1. The molecule has 0 N–H and O–H groups in total. The van der Waals surface area contributed by atoms with Gasteiger partial charge in [-0.1, -0.05) is 48.0 Å². The minimum Gasteiger partial charge on any atom is -0.496 e. The molecule has 0 unspecified atom stereocenters. The molecule has 126 valence electrons. The van der Waals surface area contributed by atoms with Crippen molar-refractivity contribution >= 4 is 15.7 Å². The maximum atomic E-state index is 13.1. The molecule has 4 nitrogen and oxygen atoms in total. The lowest BCUT2D eigenvalue weighted by Gasteiger charge is -2.24. The molecule has 2 aromatic rings. The summed E-state index contributed by atoms with van der Waals surface area (Å²) >= 11 is 0. The van der Waals surface area contributed by atoms with Crippen LogP contribution in [0.4, 0.5) is 0 Å². The molecule has 0 radical (unpaired) electrons. The SMILES string of the molecule is Cc1ccc(S(=O)(=O)N(C)/C(=C2\CCCO2)c2ccccc2)cc1. The second-order valence-electron chi connectivity index (χ2n) is 5.88. The van der Waals surface area contributed by atoms with Crippen molar-refractivity contribution in [2.45, 2.75) is 24.7 Å². The Morgan fingerprint density at radius 3 is 2.29 bits per heavy atom. The van der Waals surface area contributed by atoms with Gasteiger partial charge in [0.05, 0.1) is 17.2 Å². The summed E-state index contributed by atoms with van der Waals surface area (Å²) in [5.41, 5.74) is 2.48. The largest absolute Gasteiger partial charge is 0.496 e. The summed E-state index contributed by atoms with van der Waals surface area (Å²) < 4.78 is 33.2. The van der Waals surface area contributed by atoms with Crippen LogP contribution in [0, 0.1) is 6.92 Å². The fourth-order valence-corrected chi connectivity index (χ4v) is 4.03. The smallest absolute Gasteiger partial charge is 0.264 e. The van der Waals surface area contributed by atoms with Crippen LogP contribution in [0.5, 0.6) is 0 Å². The van der Waals surface area contributed by atoms with Gasteiger partial charge in [-0.25, -0.2) is 8.42 Å². The zero-order chi connectivity index (χ0) is 17.2. The number of hydrogen-bond acceptors (Lipinski definition) is 3. The summed E-state index contributed by atoms with van der Waals surface area (Å²) in [7, 11) is -2.06. The van der Waals surface area contributed by atoms with Gasteiger partial charge in [0.1, 0.15) is 5.76 Å². The van der Waals surface area contributed by atoms with E-state index in [4.69, 9.17) is 4.74 Å². The Bertz CT molecular complexity index is 832. The quantitative estimate of drug-likeness (QED) is 0.848. The van der Waals surface area contributed by atoms with Gasteiger partial charge >= 0.3 is 0 Å². The van der Waals surface area contributed by atoms with E-state index < -0.39 is 10.0 Å². The van der Waals surface area contributed by atoms with Crippen molar-refractivity contribution in [3.05, 3.63) is 71.5 Å². The van der Waals surface area contributed by atoms with Crippen molar-refractivity contribution in [1.29, 1.82) is 0 Å². The topological polar surface area (TPSA) is 46.6 Å². The van der Waals surface area contributed by atoms with Crippen molar-refractivity contribution in [2.75, 3.05) is 13.7 Å². The third kappa shape index (κ3) is 3.17. The molecule has 1 heterocycles. The summed E-state index contributed by atoms with van der Waals surface area (Å²) in [6, 6.07) is 16.4. The van der Waals surface area contributed by atoms with Gasteiger partial charge < -0.3 is 4.74 Å². The predicted octanol–water partition coefficient (Wildman–Crippen LogP) is 3.79. The van der Waals surface area contributed by atoms with Gasteiger partial charge in [0, 0.05) is 19.0 Å². The van der Waals surface area contributed by atoms with Crippen LogP contribution >= 0.6 is 0 Å². The molecule has 5 heteroatoms. The predicted molar refractivity (Wildman–Crippen MR) is 94.7 cm³/mol. The molecule has 0 amide bonds. The number of nitrogens with zero attached hydrogens (tertiary/aromatic N) is 1. The van der Waals surface area contributed by atoms with Crippen LogP contribution < -0.4 is 0 Å². The first-order valence-electron chi connectivity index (χ1n) is 7.97. The number of benzene rings is 2. The van der Waals surface area contributed by atoms with Crippen LogP contribution in [-0.2, 0) is 14.8 Å². The van der Waals surface area contributed by atoms with Crippen LogP contribution in [0.15, 0.2) is 65.3 Å². The van der Waals surface area contributed by atoms with E-state index in [9.17, 15) is 8.42 Å². The van der Waals surface area contributed by atoms with Crippen molar-refractivity contribution in [3.8, 4) is 0 Å². The van der Waals surface area contributed by atoms with Crippen molar-refractivity contribution < 1.29 is 13.2 Å². The highest BCUT2D eigenvalue weighted by Crippen LogP contribution is 2.32. The highest BCUT2D eigenvalue weighted by molar-refractivity contribution is 7.89. The summed E-state index contributed by atoms with van der Waals surface area (Å²) in [5, 5.41) is 0. The van der Waals surface area contributed by atoms with E-state index in [1.807, 2.05) is 49.4 Å². The number of ether oxygens (including phenoxy) is 1. The molecule has 2 aromatic carbocycles. The van der Waals surface area contributed by atoms with E-state index in [1.165, 1.54) is 4.31 Å². The maximum Gasteiger partial charge on any atom is 0.264 e. The molecule has 1 aliphatic heterocycles. The summed E-state index contributed by atoms with van der Waals surface area (Å²) in [4.78, 5) is 0.280. The van der Waals surface area contributed by atoms with Gasteiger partial charge in [-0.05, 0) is 25.5 Å². The van der Waals surface area contributed by atoms with E-state index in [0.717, 1.165) is 29.7 Å². The Labute approximate surface area is 143 Å². The number of aryl methyl sites for hydroxylation is 1. The van der Waals surface area contributed by atoms with Crippen LogP contribution in [0.1, 0.15) is 24.0 Å². The lowest BCUT2D eigenvalue weighted by atomic mass is 10.1. The molecule has 1 saturated heterocycles. The minimum absolute atomic E-state index is 0.280. The van der Waals surface area contributed by atoms with E-state index in [1.54, 1.807) is 19.2 Å². The fourth-order valence-electron chi connectivity index (χ4n) is 2.79. The van der Waals surface area contributed by atoms with Crippen LogP contribution in [0.25, 0.3) is 5.70 Å². The molecule has 3 rings (SSSR count). The van der Waals surface area contributed by atoms with Gasteiger partial charge in [-0.2, -0.15) is 0 Å². The standard InChI is InChI=1S/C19H21NO3S/c1-15-10-12-17(13-11-15)24(21,22)20(2)19(18-9-6-14-23-18)16-7-4-3-5-8-16/h3-5,7-8,10-13H,6,9,14H2,1-2H3/b19-18+. The molecule has 0 aromatic heterocycles. The van der Waals surface area contributed by atoms with Crippen molar-refractivity contribution in [3.63, 3.8) is 0 Å². The Balaban J connectivity index is 2.08. The molecule has 0 saturated carbocycles. The van der Waals surface area contributed by atoms with Crippen LogP contribution in [0.3, 0.4) is 0 Å². The number of sulfonamides is 1. The first-order valence-corrected chi connectivity index (χ1v) is 9.41. The third-order valence-corrected chi connectivity index (χ3v) is 5.90. The molecule has 0 spiro atoms. The third-order valence-electron chi connectivity index (χ3n) is 4.13. The minimum atomic E-state index is -3.65. The monoisotopic (exact) mass is 343 g/mol. The van der Waals surface area contributed by atoms with E-state index in [0.29, 0.717) is 12.3 Å². The molecule has 0 aliphatic carbocycles. The number of hydrogen-bond donors (Lipinski definition) is 0. The van der Waals surface area contributed by atoms with Crippen LogP contribution in [0.2, 0.25) is 0 Å². The van der Waals surface area contributed by atoms with Gasteiger partial charge in [-0.15, -0.1) is 0 Å². The molecule has 1 aliphatic rings. The van der Waals surface area contributed by atoms with Gasteiger partial charge in [0.25, 0.3) is 10.0 Å². The Hall–Kier alpha value is -2.27. The van der Waals surface area contributed by atoms with Gasteiger partial charge in [0.15, 0.2) is 0 Å². The van der Waals surface area contributed by atoms with Gasteiger partial charge in [0.2, 0.25) is 0 Å². The number of rotatable bonds is 4. The second-order valence-corrected chi connectivity index (χ2v) is 7.84. The average molecular weight is 343 g/mol. The van der Waals surface area contributed by atoms with E-state index in [-0.39, 0.29) is 4.90 Å². The highest BCUT2D eigenvalue weighted by atomic mass is 32.2. The molecule has 0 bridgehead atoms. The van der Waals surface area contributed by atoms with Crippen LogP contribution in [-0.4, -0.2) is 26.4 Å². The molecule has 24 heavy (non-hydrogen) atoms. The fraction of sp³-hybridized carbons (Fsp3) is 0.263. The zero-order valence-corrected chi connectivity index (χ0v) is 14.7. The first kappa shape index (κ1) is 16.6. The average Bonchev–Trinajstić information content (AvgIpc) is 3.10. The van der Waals surface area contributed by atoms with Crippen molar-refractivity contribution in [1.82, 2.24) is 4.31 Å². The normalized spacial score (nSPS) is 16.6. The summed E-state index contributed by atoms with van der Waals surface area (Å²) in [5.74, 6) is 0.736. The van der Waals surface area contributed by atoms with Crippen molar-refractivity contribution in [2.24, 2.45) is 0 Å².